The van der Waals surface area contributed by atoms with Crippen molar-refractivity contribution in [2.24, 2.45) is 0 Å². The molecule has 1 aromatic heterocycles. The van der Waals surface area contributed by atoms with Crippen LogP contribution in [0.3, 0.4) is 0 Å². The number of aromatic nitrogens is 1. The second kappa shape index (κ2) is 12.0. The molecule has 6 rings (SSSR count). The van der Waals surface area contributed by atoms with Gasteiger partial charge in [0.05, 0.1) is 13.1 Å². The van der Waals surface area contributed by atoms with Crippen LogP contribution in [0.25, 0.3) is 11.1 Å². The van der Waals surface area contributed by atoms with Gasteiger partial charge in [-0.05, 0) is 89.7 Å². The second-order valence-electron chi connectivity index (χ2n) is 11.0. The maximum absolute atomic E-state index is 14.1. The highest BCUT2D eigenvalue weighted by Gasteiger charge is 2.31. The molecule has 2 amide bonds. The fraction of sp³-hybridized carbons (Fsp3) is 0.167. The molecule has 4 aromatic carbocycles. The van der Waals surface area contributed by atoms with E-state index in [4.69, 9.17) is 0 Å². The van der Waals surface area contributed by atoms with Gasteiger partial charge in [0.15, 0.2) is 0 Å². The van der Waals surface area contributed by atoms with Crippen LogP contribution in [0.1, 0.15) is 48.8 Å². The average molecular weight is 610 g/mol. The Morgan fingerprint density at radius 1 is 0.800 bits per heavy atom. The van der Waals surface area contributed by atoms with Crippen LogP contribution in [0.5, 0.6) is 5.75 Å². The SMILES string of the molecule is Cc1ccccc1-c1ccc(C(=O)N2Cc3ccc(C(=O)NCc4ccc(OC(F)(F)F)cc4)n3Cc3ccccc32)cc1C. The molecule has 0 aliphatic carbocycles. The topological polar surface area (TPSA) is 63.6 Å². The number of rotatable bonds is 6. The number of carbonyl (C=O) groups is 2. The normalized spacial score (nSPS) is 12.6. The first kappa shape index (κ1) is 29.7. The predicted octanol–water partition coefficient (Wildman–Crippen LogP) is 7.81. The van der Waals surface area contributed by atoms with E-state index in [0.717, 1.165) is 39.2 Å². The molecule has 0 atom stereocenters. The fourth-order valence-electron chi connectivity index (χ4n) is 5.75. The highest BCUT2D eigenvalue weighted by molar-refractivity contribution is 6.07. The lowest BCUT2D eigenvalue weighted by molar-refractivity contribution is -0.274. The molecule has 1 aliphatic rings. The minimum absolute atomic E-state index is 0.116. The van der Waals surface area contributed by atoms with Crippen molar-refractivity contribution >= 4 is 17.5 Å². The first-order valence-electron chi connectivity index (χ1n) is 14.4. The van der Waals surface area contributed by atoms with Gasteiger partial charge in [-0.25, -0.2) is 0 Å². The number of hydrogen-bond acceptors (Lipinski definition) is 3. The summed E-state index contributed by atoms with van der Waals surface area (Å²) in [6.07, 6.45) is -4.77. The number of anilines is 1. The van der Waals surface area contributed by atoms with Gasteiger partial charge in [0.1, 0.15) is 11.4 Å². The number of para-hydroxylation sites is 1. The molecule has 1 aliphatic heterocycles. The number of amides is 2. The molecule has 9 heteroatoms. The smallest absolute Gasteiger partial charge is 0.406 e. The molecule has 0 fully saturated rings. The summed E-state index contributed by atoms with van der Waals surface area (Å²) in [7, 11) is 0. The van der Waals surface area contributed by atoms with Gasteiger partial charge in [-0.1, -0.05) is 60.7 Å². The Morgan fingerprint density at radius 3 is 2.24 bits per heavy atom. The third-order valence-corrected chi connectivity index (χ3v) is 8.00. The van der Waals surface area contributed by atoms with Crippen molar-refractivity contribution in [3.63, 3.8) is 0 Å². The summed E-state index contributed by atoms with van der Waals surface area (Å²) in [5.74, 6) is -0.804. The van der Waals surface area contributed by atoms with Crippen molar-refractivity contribution in [3.05, 3.63) is 142 Å². The van der Waals surface area contributed by atoms with Gasteiger partial charge >= 0.3 is 6.36 Å². The summed E-state index contributed by atoms with van der Waals surface area (Å²) in [5.41, 5.74) is 8.45. The zero-order valence-electron chi connectivity index (χ0n) is 24.7. The Balaban J connectivity index is 1.23. The van der Waals surface area contributed by atoms with E-state index in [1.807, 2.05) is 72.2 Å². The molecule has 0 spiro atoms. The van der Waals surface area contributed by atoms with Crippen molar-refractivity contribution in [1.29, 1.82) is 0 Å². The van der Waals surface area contributed by atoms with Gasteiger partial charge in [0.25, 0.3) is 11.8 Å². The Bertz CT molecular complexity index is 1890. The minimum atomic E-state index is -4.77. The highest BCUT2D eigenvalue weighted by Crippen LogP contribution is 2.32. The zero-order chi connectivity index (χ0) is 31.7. The number of aryl methyl sites for hydroxylation is 2. The number of hydrogen-bond donors (Lipinski definition) is 1. The Morgan fingerprint density at radius 2 is 1.51 bits per heavy atom. The molecule has 0 saturated heterocycles. The standard InChI is InChI=1S/C36H30F3N3O3/c1-23-7-3-5-9-30(23)31-17-13-26(19-24(31)2)35(44)42-22-28-14-18-33(41(28)21-27-8-4-6-10-32(27)42)34(43)40-20-25-11-15-29(16-12-25)45-36(37,38)39/h3-19H,20-22H2,1-2H3,(H,40,43). The van der Waals surface area contributed by atoms with E-state index < -0.39 is 6.36 Å². The van der Waals surface area contributed by atoms with Crippen molar-refractivity contribution < 1.29 is 27.5 Å². The van der Waals surface area contributed by atoms with Crippen LogP contribution in [0.4, 0.5) is 18.9 Å². The van der Waals surface area contributed by atoms with Gasteiger partial charge < -0.3 is 19.5 Å². The maximum atomic E-state index is 14.1. The quantitative estimate of drug-likeness (QED) is 0.214. The summed E-state index contributed by atoms with van der Waals surface area (Å²) in [5, 5.41) is 2.85. The van der Waals surface area contributed by atoms with E-state index in [-0.39, 0.29) is 30.7 Å². The van der Waals surface area contributed by atoms with Crippen LogP contribution >= 0.6 is 0 Å². The van der Waals surface area contributed by atoms with E-state index >= 15 is 0 Å². The summed E-state index contributed by atoms with van der Waals surface area (Å²) >= 11 is 0. The Kier molecular flexibility index (Phi) is 7.93. The molecule has 0 unspecified atom stereocenters. The van der Waals surface area contributed by atoms with Crippen LogP contribution in [-0.4, -0.2) is 22.7 Å². The van der Waals surface area contributed by atoms with Crippen LogP contribution in [0, 0.1) is 13.8 Å². The van der Waals surface area contributed by atoms with Gasteiger partial charge in [-0.2, -0.15) is 0 Å². The average Bonchev–Trinajstić information content (AvgIpc) is 3.33. The Labute approximate surface area is 258 Å². The summed E-state index contributed by atoms with van der Waals surface area (Å²) < 4.78 is 43.2. The van der Waals surface area contributed by atoms with Crippen molar-refractivity contribution in [2.45, 2.75) is 39.8 Å². The number of alkyl halides is 3. The molecule has 1 N–H and O–H groups in total. The number of benzene rings is 4. The summed E-state index contributed by atoms with van der Waals surface area (Å²) in [6, 6.07) is 30.5. The van der Waals surface area contributed by atoms with Crippen molar-refractivity contribution in [3.8, 4) is 16.9 Å². The van der Waals surface area contributed by atoms with Crippen molar-refractivity contribution in [2.75, 3.05) is 4.90 Å². The lowest BCUT2D eigenvalue weighted by Crippen LogP contribution is -2.30. The minimum Gasteiger partial charge on any atom is -0.406 e. The molecule has 5 aromatic rings. The first-order chi connectivity index (χ1) is 21.6. The van der Waals surface area contributed by atoms with Gasteiger partial charge in [0, 0.05) is 23.5 Å². The molecule has 2 heterocycles. The van der Waals surface area contributed by atoms with Crippen molar-refractivity contribution in [1.82, 2.24) is 9.88 Å². The molecule has 0 saturated carbocycles. The third-order valence-electron chi connectivity index (χ3n) is 8.00. The highest BCUT2D eigenvalue weighted by atomic mass is 19.4. The number of nitrogens with zero attached hydrogens (tertiary/aromatic N) is 2. The molecular formula is C36H30F3N3O3. The molecular weight excluding hydrogens is 579 g/mol. The monoisotopic (exact) mass is 609 g/mol. The maximum Gasteiger partial charge on any atom is 0.573 e. The summed E-state index contributed by atoms with van der Waals surface area (Å²) in [4.78, 5) is 29.1. The zero-order valence-corrected chi connectivity index (χ0v) is 24.7. The van der Waals surface area contributed by atoms with E-state index in [1.165, 1.54) is 24.3 Å². The second-order valence-corrected chi connectivity index (χ2v) is 11.0. The van der Waals surface area contributed by atoms with Gasteiger partial charge in [0.2, 0.25) is 0 Å². The van der Waals surface area contributed by atoms with Gasteiger partial charge in [-0.15, -0.1) is 13.2 Å². The number of halogens is 3. The van der Waals surface area contributed by atoms with Gasteiger partial charge in [-0.3, -0.25) is 9.59 Å². The molecule has 45 heavy (non-hydrogen) atoms. The number of fused-ring (bicyclic) bond motifs is 2. The molecule has 228 valence electrons. The number of nitrogens with one attached hydrogen (secondary N) is 1. The van der Waals surface area contributed by atoms with Crippen LogP contribution in [0.2, 0.25) is 0 Å². The van der Waals surface area contributed by atoms with E-state index in [1.54, 1.807) is 11.0 Å². The van der Waals surface area contributed by atoms with Crippen LogP contribution < -0.4 is 15.0 Å². The van der Waals surface area contributed by atoms with E-state index in [9.17, 15) is 22.8 Å². The molecule has 0 bridgehead atoms. The first-order valence-corrected chi connectivity index (χ1v) is 14.4. The lowest BCUT2D eigenvalue weighted by Gasteiger charge is -2.23. The van der Waals surface area contributed by atoms with E-state index in [2.05, 4.69) is 29.1 Å². The van der Waals surface area contributed by atoms with E-state index in [0.29, 0.717) is 23.4 Å². The van der Waals surface area contributed by atoms with Crippen LogP contribution in [0.15, 0.2) is 103 Å². The number of carbonyl (C=O) groups excluding carboxylic acids is 2. The predicted molar refractivity (Wildman–Crippen MR) is 166 cm³/mol. The Hall–Kier alpha value is -5.31. The fourth-order valence-corrected chi connectivity index (χ4v) is 5.75. The largest absolute Gasteiger partial charge is 0.573 e. The number of ether oxygens (including phenoxy) is 1. The lowest BCUT2D eigenvalue weighted by atomic mass is 9.95. The molecule has 0 radical (unpaired) electrons. The summed E-state index contributed by atoms with van der Waals surface area (Å²) in [6.45, 7) is 4.85. The molecule has 6 nitrogen and oxygen atoms in total. The van der Waals surface area contributed by atoms with Crippen LogP contribution in [-0.2, 0) is 19.6 Å². The third kappa shape index (κ3) is 6.33.